The van der Waals surface area contributed by atoms with Gasteiger partial charge in [0, 0.05) is 15.8 Å². The molecule has 0 aliphatic carbocycles. The summed E-state index contributed by atoms with van der Waals surface area (Å²) in [5.74, 6) is 0.0894. The van der Waals surface area contributed by atoms with Crippen LogP contribution >= 0.6 is 34.4 Å². The Bertz CT molecular complexity index is 698. The number of amides is 1. The standard InChI is InChI=1S/C14H17IN4O2S/c1-2-3-7-19-13(21)17-18-14(19)22-9-12(20)16-11-6-4-5-10(15)8-11/h4-6,8H,2-3,7,9H2,1H3,(H,16,20)(H,17,21). The lowest BCUT2D eigenvalue weighted by Crippen LogP contribution is -2.19. The molecule has 2 N–H and O–H groups in total. The number of hydrogen-bond acceptors (Lipinski definition) is 4. The second kappa shape index (κ2) is 8.37. The Kier molecular flexibility index (Phi) is 6.49. The van der Waals surface area contributed by atoms with E-state index in [2.05, 4.69) is 45.0 Å². The molecule has 0 radical (unpaired) electrons. The molecule has 0 atom stereocenters. The second-order valence-electron chi connectivity index (χ2n) is 4.66. The lowest BCUT2D eigenvalue weighted by atomic mass is 10.3. The van der Waals surface area contributed by atoms with Crippen LogP contribution in [0, 0.1) is 3.57 Å². The van der Waals surface area contributed by atoms with Gasteiger partial charge >= 0.3 is 5.69 Å². The fourth-order valence-corrected chi connectivity index (χ4v) is 3.14. The number of nitrogens with zero attached hydrogens (tertiary/aromatic N) is 2. The number of H-pyrrole nitrogens is 1. The van der Waals surface area contributed by atoms with Gasteiger partial charge in [-0.15, -0.1) is 5.10 Å². The van der Waals surface area contributed by atoms with Crippen molar-refractivity contribution in [2.24, 2.45) is 0 Å². The van der Waals surface area contributed by atoms with Gasteiger partial charge in [-0.05, 0) is 47.2 Å². The van der Waals surface area contributed by atoms with Crippen LogP contribution in [-0.2, 0) is 11.3 Å². The number of anilines is 1. The molecular formula is C14H17IN4O2S. The molecule has 118 valence electrons. The molecule has 1 aromatic carbocycles. The number of rotatable bonds is 7. The SMILES string of the molecule is CCCCn1c(SCC(=O)Nc2cccc(I)c2)n[nH]c1=O. The summed E-state index contributed by atoms with van der Waals surface area (Å²) >= 11 is 3.45. The number of carbonyl (C=O) groups excluding carboxylic acids is 1. The maximum Gasteiger partial charge on any atom is 0.343 e. The zero-order valence-corrected chi connectivity index (χ0v) is 15.1. The molecule has 0 fully saturated rings. The highest BCUT2D eigenvalue weighted by Crippen LogP contribution is 2.16. The Balaban J connectivity index is 1.92. The molecule has 2 rings (SSSR count). The number of thioether (sulfide) groups is 1. The van der Waals surface area contributed by atoms with Crippen LogP contribution in [0.5, 0.6) is 0 Å². The van der Waals surface area contributed by atoms with Gasteiger partial charge in [0.2, 0.25) is 5.91 Å². The fourth-order valence-electron chi connectivity index (χ4n) is 1.82. The maximum absolute atomic E-state index is 12.0. The van der Waals surface area contributed by atoms with E-state index in [1.807, 2.05) is 24.3 Å². The first-order valence-electron chi connectivity index (χ1n) is 6.93. The highest BCUT2D eigenvalue weighted by molar-refractivity contribution is 14.1. The van der Waals surface area contributed by atoms with Crippen LogP contribution in [0.2, 0.25) is 0 Å². The predicted molar refractivity (Wildman–Crippen MR) is 96.3 cm³/mol. The van der Waals surface area contributed by atoms with Crippen molar-refractivity contribution in [1.82, 2.24) is 14.8 Å². The van der Waals surface area contributed by atoms with Gasteiger partial charge in [0.05, 0.1) is 5.75 Å². The van der Waals surface area contributed by atoms with Crippen molar-refractivity contribution < 1.29 is 4.79 Å². The highest BCUT2D eigenvalue weighted by Gasteiger charge is 2.11. The minimum absolute atomic E-state index is 0.121. The summed E-state index contributed by atoms with van der Waals surface area (Å²) in [5, 5.41) is 9.78. The van der Waals surface area contributed by atoms with E-state index in [-0.39, 0.29) is 17.3 Å². The minimum Gasteiger partial charge on any atom is -0.325 e. The summed E-state index contributed by atoms with van der Waals surface area (Å²) in [5.41, 5.74) is 0.539. The van der Waals surface area contributed by atoms with Gasteiger partial charge < -0.3 is 5.32 Å². The van der Waals surface area contributed by atoms with E-state index in [0.717, 1.165) is 22.1 Å². The summed E-state index contributed by atoms with van der Waals surface area (Å²) in [4.78, 5) is 23.6. The molecule has 0 saturated carbocycles. The van der Waals surface area contributed by atoms with Gasteiger partial charge in [-0.25, -0.2) is 9.89 Å². The van der Waals surface area contributed by atoms with Crippen LogP contribution in [0.15, 0.2) is 34.2 Å². The molecule has 0 aliphatic rings. The van der Waals surface area contributed by atoms with Crippen LogP contribution in [0.25, 0.3) is 0 Å². The van der Waals surface area contributed by atoms with E-state index in [1.54, 1.807) is 4.57 Å². The first kappa shape index (κ1) is 17.1. The van der Waals surface area contributed by atoms with E-state index >= 15 is 0 Å². The van der Waals surface area contributed by atoms with Crippen molar-refractivity contribution in [3.8, 4) is 0 Å². The zero-order valence-electron chi connectivity index (χ0n) is 12.1. The summed E-state index contributed by atoms with van der Waals surface area (Å²) < 4.78 is 2.64. The summed E-state index contributed by atoms with van der Waals surface area (Å²) in [7, 11) is 0. The average Bonchev–Trinajstić information content (AvgIpc) is 2.83. The number of aromatic amines is 1. The Labute approximate surface area is 146 Å². The van der Waals surface area contributed by atoms with Gasteiger partial charge in [0.15, 0.2) is 5.16 Å². The summed E-state index contributed by atoms with van der Waals surface area (Å²) in [6, 6.07) is 7.59. The van der Waals surface area contributed by atoms with Crippen LogP contribution in [0.1, 0.15) is 19.8 Å². The van der Waals surface area contributed by atoms with E-state index in [1.165, 1.54) is 11.8 Å². The lowest BCUT2D eigenvalue weighted by Gasteiger charge is -2.06. The number of nitrogens with one attached hydrogen (secondary N) is 2. The first-order chi connectivity index (χ1) is 10.6. The first-order valence-corrected chi connectivity index (χ1v) is 9.00. The Morgan fingerprint density at radius 2 is 2.32 bits per heavy atom. The zero-order chi connectivity index (χ0) is 15.9. The summed E-state index contributed by atoms with van der Waals surface area (Å²) in [6.07, 6.45) is 1.90. The van der Waals surface area contributed by atoms with E-state index < -0.39 is 0 Å². The molecule has 2 aromatic rings. The normalized spacial score (nSPS) is 10.6. The minimum atomic E-state index is -0.228. The van der Waals surface area contributed by atoms with E-state index in [4.69, 9.17) is 0 Å². The number of halogens is 1. The van der Waals surface area contributed by atoms with Crippen LogP contribution in [-0.4, -0.2) is 26.4 Å². The van der Waals surface area contributed by atoms with Crippen LogP contribution in [0.3, 0.4) is 0 Å². The molecule has 22 heavy (non-hydrogen) atoms. The molecule has 1 aromatic heterocycles. The average molecular weight is 432 g/mol. The smallest absolute Gasteiger partial charge is 0.325 e. The number of hydrogen-bond donors (Lipinski definition) is 2. The molecule has 0 unspecified atom stereocenters. The molecule has 6 nitrogen and oxygen atoms in total. The van der Waals surface area contributed by atoms with E-state index in [0.29, 0.717) is 11.7 Å². The van der Waals surface area contributed by atoms with Gasteiger partial charge in [0.1, 0.15) is 0 Å². The Morgan fingerprint density at radius 3 is 3.05 bits per heavy atom. The molecule has 1 amide bonds. The van der Waals surface area contributed by atoms with Crippen LogP contribution in [0.4, 0.5) is 5.69 Å². The lowest BCUT2D eigenvalue weighted by molar-refractivity contribution is -0.113. The third kappa shape index (κ3) is 4.87. The van der Waals surface area contributed by atoms with Crippen molar-refractivity contribution in [1.29, 1.82) is 0 Å². The van der Waals surface area contributed by atoms with Gasteiger partial charge in [-0.1, -0.05) is 31.2 Å². The third-order valence-electron chi connectivity index (χ3n) is 2.90. The number of aromatic nitrogens is 3. The van der Waals surface area contributed by atoms with Gasteiger partial charge in [-0.2, -0.15) is 0 Å². The Morgan fingerprint density at radius 1 is 1.50 bits per heavy atom. The highest BCUT2D eigenvalue weighted by atomic mass is 127. The van der Waals surface area contributed by atoms with E-state index in [9.17, 15) is 9.59 Å². The van der Waals surface area contributed by atoms with Gasteiger partial charge in [-0.3, -0.25) is 9.36 Å². The van der Waals surface area contributed by atoms with Crippen molar-refractivity contribution in [2.75, 3.05) is 11.1 Å². The van der Waals surface area contributed by atoms with Crippen molar-refractivity contribution >= 4 is 45.9 Å². The molecule has 0 aliphatic heterocycles. The van der Waals surface area contributed by atoms with Crippen molar-refractivity contribution in [3.05, 3.63) is 38.3 Å². The summed E-state index contributed by atoms with van der Waals surface area (Å²) in [6.45, 7) is 2.68. The van der Waals surface area contributed by atoms with Gasteiger partial charge in [0.25, 0.3) is 0 Å². The molecule has 8 heteroatoms. The Hall–Kier alpha value is -1.29. The molecule has 0 bridgehead atoms. The fraction of sp³-hybridized carbons (Fsp3) is 0.357. The number of carbonyl (C=O) groups is 1. The predicted octanol–water partition coefficient (Wildman–Crippen LogP) is 2.71. The largest absolute Gasteiger partial charge is 0.343 e. The second-order valence-corrected chi connectivity index (χ2v) is 6.85. The molecular weight excluding hydrogens is 415 g/mol. The third-order valence-corrected chi connectivity index (χ3v) is 4.55. The quantitative estimate of drug-likeness (QED) is 0.521. The number of unbranched alkanes of at least 4 members (excludes halogenated alkanes) is 1. The number of benzene rings is 1. The van der Waals surface area contributed by atoms with Crippen LogP contribution < -0.4 is 11.0 Å². The topological polar surface area (TPSA) is 79.8 Å². The molecule has 0 saturated heterocycles. The monoisotopic (exact) mass is 432 g/mol. The van der Waals surface area contributed by atoms with Crippen molar-refractivity contribution in [3.63, 3.8) is 0 Å². The molecule has 0 spiro atoms. The van der Waals surface area contributed by atoms with Crippen molar-refractivity contribution in [2.45, 2.75) is 31.5 Å². The maximum atomic E-state index is 12.0. The molecule has 1 heterocycles.